The number of pyridine rings is 1. The van der Waals surface area contributed by atoms with Gasteiger partial charge in [-0.25, -0.2) is 4.98 Å². The van der Waals surface area contributed by atoms with Gasteiger partial charge in [0.15, 0.2) is 0 Å². The van der Waals surface area contributed by atoms with Crippen molar-refractivity contribution in [1.82, 2.24) is 4.98 Å². The maximum atomic E-state index is 9.87. The van der Waals surface area contributed by atoms with E-state index in [4.69, 9.17) is 18.0 Å². The maximum absolute atomic E-state index is 9.87. The molecule has 4 nitrogen and oxygen atoms in total. The minimum Gasteiger partial charge on any atom is -0.391 e. The molecule has 0 saturated carbocycles. The zero-order chi connectivity index (χ0) is 12.4. The number of anilines is 1. The lowest BCUT2D eigenvalue weighted by molar-refractivity contribution is 0.102. The van der Waals surface area contributed by atoms with E-state index in [0.29, 0.717) is 17.5 Å². The van der Waals surface area contributed by atoms with Crippen LogP contribution in [0.25, 0.3) is 0 Å². The lowest BCUT2D eigenvalue weighted by atomic mass is 9.96. The van der Waals surface area contributed by atoms with Crippen LogP contribution in [0.5, 0.6) is 0 Å². The third-order valence-electron chi connectivity index (χ3n) is 3.27. The van der Waals surface area contributed by atoms with E-state index >= 15 is 0 Å². The van der Waals surface area contributed by atoms with Crippen molar-refractivity contribution < 1.29 is 5.11 Å². The third kappa shape index (κ3) is 2.73. The Morgan fingerprint density at radius 2 is 2.41 bits per heavy atom. The second-order valence-electron chi connectivity index (χ2n) is 4.55. The molecule has 0 amide bonds. The SMILES string of the molecule is CC1CCN(c2cc(C(N)=S)ccn2)CC1O. The van der Waals surface area contributed by atoms with Crippen molar-refractivity contribution in [2.45, 2.75) is 19.4 Å². The first-order chi connectivity index (χ1) is 8.08. The highest BCUT2D eigenvalue weighted by molar-refractivity contribution is 7.80. The number of aliphatic hydroxyl groups is 1. The topological polar surface area (TPSA) is 62.4 Å². The van der Waals surface area contributed by atoms with Crippen LogP contribution in [-0.2, 0) is 0 Å². The van der Waals surface area contributed by atoms with Crippen LogP contribution < -0.4 is 10.6 Å². The van der Waals surface area contributed by atoms with E-state index in [1.165, 1.54) is 0 Å². The van der Waals surface area contributed by atoms with Crippen LogP contribution in [0, 0.1) is 5.92 Å². The van der Waals surface area contributed by atoms with E-state index in [1.54, 1.807) is 12.3 Å². The maximum Gasteiger partial charge on any atom is 0.129 e. The summed E-state index contributed by atoms with van der Waals surface area (Å²) in [5.41, 5.74) is 6.41. The second-order valence-corrected chi connectivity index (χ2v) is 4.99. The molecule has 1 aromatic heterocycles. The van der Waals surface area contributed by atoms with Crippen LogP contribution in [0.4, 0.5) is 5.82 Å². The largest absolute Gasteiger partial charge is 0.391 e. The fraction of sp³-hybridized carbons (Fsp3) is 0.500. The van der Waals surface area contributed by atoms with Crippen molar-refractivity contribution in [1.29, 1.82) is 0 Å². The Labute approximate surface area is 106 Å². The Balaban J connectivity index is 2.17. The molecule has 0 aromatic carbocycles. The van der Waals surface area contributed by atoms with Gasteiger partial charge in [-0.1, -0.05) is 19.1 Å². The molecule has 1 aromatic rings. The molecule has 2 rings (SSSR count). The molecule has 2 atom stereocenters. The highest BCUT2D eigenvalue weighted by atomic mass is 32.1. The summed E-state index contributed by atoms with van der Waals surface area (Å²) < 4.78 is 0. The smallest absolute Gasteiger partial charge is 0.129 e. The number of β-amino-alcohol motifs (C(OH)–C–C–N with tert-alkyl or cyclic N) is 1. The van der Waals surface area contributed by atoms with Crippen molar-refractivity contribution in [3.63, 3.8) is 0 Å². The minimum absolute atomic E-state index is 0.293. The monoisotopic (exact) mass is 251 g/mol. The Morgan fingerprint density at radius 3 is 3.06 bits per heavy atom. The molecular weight excluding hydrogens is 234 g/mol. The van der Waals surface area contributed by atoms with Crippen LogP contribution in [0.15, 0.2) is 18.3 Å². The average Bonchev–Trinajstić information content (AvgIpc) is 2.33. The van der Waals surface area contributed by atoms with Crippen molar-refractivity contribution >= 4 is 23.0 Å². The van der Waals surface area contributed by atoms with E-state index in [0.717, 1.165) is 24.3 Å². The van der Waals surface area contributed by atoms with E-state index in [1.807, 2.05) is 6.07 Å². The molecule has 0 spiro atoms. The van der Waals surface area contributed by atoms with Gasteiger partial charge in [-0.15, -0.1) is 0 Å². The first-order valence-electron chi connectivity index (χ1n) is 5.77. The lowest BCUT2D eigenvalue weighted by Gasteiger charge is -2.35. The fourth-order valence-corrected chi connectivity index (χ4v) is 2.13. The van der Waals surface area contributed by atoms with Gasteiger partial charge in [0.2, 0.25) is 0 Å². The van der Waals surface area contributed by atoms with Gasteiger partial charge in [0.05, 0.1) is 6.10 Å². The highest BCUT2D eigenvalue weighted by Crippen LogP contribution is 2.22. The molecule has 1 fully saturated rings. The standard InChI is InChI=1S/C12H17N3OS/c1-8-3-5-15(7-10(8)16)11-6-9(12(13)17)2-4-14-11/h2,4,6,8,10,16H,3,5,7H2,1H3,(H2,13,17). The van der Waals surface area contributed by atoms with Crippen LogP contribution in [-0.4, -0.2) is 34.3 Å². The minimum atomic E-state index is -0.293. The third-order valence-corrected chi connectivity index (χ3v) is 3.51. The summed E-state index contributed by atoms with van der Waals surface area (Å²) >= 11 is 4.95. The van der Waals surface area contributed by atoms with Gasteiger partial charge < -0.3 is 15.7 Å². The zero-order valence-corrected chi connectivity index (χ0v) is 10.7. The Hall–Kier alpha value is -1.20. The molecule has 2 unspecified atom stereocenters. The zero-order valence-electron chi connectivity index (χ0n) is 9.84. The molecular formula is C12H17N3OS. The number of aliphatic hydroxyl groups excluding tert-OH is 1. The number of aromatic nitrogens is 1. The summed E-state index contributed by atoms with van der Waals surface area (Å²) in [5.74, 6) is 1.19. The quantitative estimate of drug-likeness (QED) is 0.765. The number of rotatable bonds is 2. The summed E-state index contributed by atoms with van der Waals surface area (Å²) in [6.07, 6.45) is 2.38. The average molecular weight is 251 g/mol. The number of hydrogen-bond acceptors (Lipinski definition) is 4. The van der Waals surface area contributed by atoms with E-state index < -0.39 is 0 Å². The van der Waals surface area contributed by atoms with Crippen molar-refractivity contribution in [2.75, 3.05) is 18.0 Å². The van der Waals surface area contributed by atoms with Crippen molar-refractivity contribution in [2.24, 2.45) is 11.7 Å². The van der Waals surface area contributed by atoms with Crippen LogP contribution in [0.3, 0.4) is 0 Å². The van der Waals surface area contributed by atoms with Gasteiger partial charge in [-0.3, -0.25) is 0 Å². The Morgan fingerprint density at radius 1 is 1.65 bits per heavy atom. The number of nitrogens with zero attached hydrogens (tertiary/aromatic N) is 2. The molecule has 17 heavy (non-hydrogen) atoms. The second kappa shape index (κ2) is 4.98. The normalized spacial score (nSPS) is 24.7. The molecule has 92 valence electrons. The molecule has 1 aliphatic rings. The van der Waals surface area contributed by atoms with E-state index in [9.17, 15) is 5.11 Å². The first-order valence-corrected chi connectivity index (χ1v) is 6.17. The molecule has 3 N–H and O–H groups in total. The highest BCUT2D eigenvalue weighted by Gasteiger charge is 2.25. The first kappa shape index (κ1) is 12.3. The molecule has 2 heterocycles. The number of thiocarbonyl (C=S) groups is 1. The lowest BCUT2D eigenvalue weighted by Crippen LogP contribution is -2.43. The van der Waals surface area contributed by atoms with E-state index in [-0.39, 0.29) is 6.10 Å². The van der Waals surface area contributed by atoms with Gasteiger partial charge in [-0.05, 0) is 24.5 Å². The van der Waals surface area contributed by atoms with Gasteiger partial charge in [0, 0.05) is 24.8 Å². The number of nitrogens with two attached hydrogens (primary N) is 1. The predicted octanol–water partition coefficient (Wildman–Crippen LogP) is 0.923. The molecule has 1 aliphatic heterocycles. The van der Waals surface area contributed by atoms with Crippen molar-refractivity contribution in [3.8, 4) is 0 Å². The van der Waals surface area contributed by atoms with Gasteiger partial charge in [0.25, 0.3) is 0 Å². The van der Waals surface area contributed by atoms with Crippen molar-refractivity contribution in [3.05, 3.63) is 23.9 Å². The Bertz CT molecular complexity index is 424. The van der Waals surface area contributed by atoms with Gasteiger partial charge >= 0.3 is 0 Å². The molecule has 5 heteroatoms. The van der Waals surface area contributed by atoms with Crippen LogP contribution >= 0.6 is 12.2 Å². The number of hydrogen-bond donors (Lipinski definition) is 2. The summed E-state index contributed by atoms with van der Waals surface area (Å²) in [5, 5.41) is 9.87. The summed E-state index contributed by atoms with van der Waals surface area (Å²) in [6.45, 7) is 3.60. The van der Waals surface area contributed by atoms with Crippen LogP contribution in [0.1, 0.15) is 18.9 Å². The molecule has 1 saturated heterocycles. The van der Waals surface area contributed by atoms with E-state index in [2.05, 4.69) is 16.8 Å². The summed E-state index contributed by atoms with van der Waals surface area (Å²) in [4.78, 5) is 6.76. The molecule has 0 radical (unpaired) electrons. The van der Waals surface area contributed by atoms with Crippen LogP contribution in [0.2, 0.25) is 0 Å². The van der Waals surface area contributed by atoms with Gasteiger partial charge in [-0.2, -0.15) is 0 Å². The summed E-state index contributed by atoms with van der Waals surface area (Å²) in [6, 6.07) is 3.68. The molecule has 0 aliphatic carbocycles. The molecule has 0 bridgehead atoms. The fourth-order valence-electron chi connectivity index (χ4n) is 2.00. The predicted molar refractivity (Wildman–Crippen MR) is 72.1 cm³/mol. The number of piperidine rings is 1. The Kier molecular flexibility index (Phi) is 3.59. The summed E-state index contributed by atoms with van der Waals surface area (Å²) in [7, 11) is 0. The van der Waals surface area contributed by atoms with Gasteiger partial charge in [0.1, 0.15) is 10.8 Å².